The molecular weight excluding hydrogens is 427 g/mol. The molecule has 0 saturated carbocycles. The predicted octanol–water partition coefficient (Wildman–Crippen LogP) is 2.56. The molecule has 3 aliphatic rings. The highest BCUT2D eigenvalue weighted by atomic mass is 19.4. The summed E-state index contributed by atoms with van der Waals surface area (Å²) in [6, 6.07) is 5.85. The Labute approximate surface area is 180 Å². The van der Waals surface area contributed by atoms with Crippen LogP contribution in [-0.4, -0.2) is 35.5 Å². The second kappa shape index (κ2) is 6.99. The van der Waals surface area contributed by atoms with Crippen molar-refractivity contribution in [1.29, 1.82) is 0 Å². The largest absolute Gasteiger partial charge is 0.496 e. The van der Waals surface area contributed by atoms with Crippen LogP contribution in [-0.2, 0) is 22.9 Å². The fourth-order valence-electron chi connectivity index (χ4n) is 4.44. The summed E-state index contributed by atoms with van der Waals surface area (Å²) in [5.41, 5.74) is 14.6. The van der Waals surface area contributed by atoms with Crippen molar-refractivity contribution in [2.45, 2.75) is 36.3 Å². The average molecular weight is 447 g/mol. The number of aliphatic imine (C=N–C) groups is 1. The van der Waals surface area contributed by atoms with Crippen molar-refractivity contribution in [1.82, 2.24) is 10.2 Å². The first-order valence-corrected chi connectivity index (χ1v) is 9.93. The molecular formula is C21H20F3N5O3. The minimum absolute atomic E-state index is 0.0693. The van der Waals surface area contributed by atoms with Crippen LogP contribution in [0.25, 0.3) is 0 Å². The van der Waals surface area contributed by atoms with E-state index in [0.29, 0.717) is 11.3 Å². The van der Waals surface area contributed by atoms with Gasteiger partial charge in [-0.15, -0.1) is 10.2 Å². The number of ether oxygens (including phenoxy) is 2. The van der Waals surface area contributed by atoms with Gasteiger partial charge in [0.05, 0.1) is 25.3 Å². The SMILES string of the molecule is COc1cccc2c1C(C1(N)N=C3C=CC(N)(c4nnc(C(F)(F)F)o4)C=C3CO1)CC2. The maximum absolute atomic E-state index is 12.8. The van der Waals surface area contributed by atoms with E-state index in [2.05, 4.69) is 15.2 Å². The van der Waals surface area contributed by atoms with Crippen LogP contribution in [0, 0.1) is 0 Å². The summed E-state index contributed by atoms with van der Waals surface area (Å²) in [6.07, 6.45) is 1.36. The maximum atomic E-state index is 12.8. The van der Waals surface area contributed by atoms with Gasteiger partial charge in [-0.1, -0.05) is 12.1 Å². The van der Waals surface area contributed by atoms with Crippen LogP contribution in [0.3, 0.4) is 0 Å². The number of benzene rings is 1. The molecule has 0 bridgehead atoms. The molecule has 0 saturated heterocycles. The molecule has 0 amide bonds. The van der Waals surface area contributed by atoms with Crippen LogP contribution >= 0.6 is 0 Å². The lowest BCUT2D eigenvalue weighted by Gasteiger charge is -2.38. The molecule has 1 aromatic carbocycles. The number of alkyl halides is 3. The lowest BCUT2D eigenvalue weighted by atomic mass is 9.87. The number of nitrogens with two attached hydrogens (primary N) is 2. The first-order chi connectivity index (χ1) is 15.1. The molecule has 168 valence electrons. The van der Waals surface area contributed by atoms with Crippen molar-refractivity contribution in [3.63, 3.8) is 0 Å². The van der Waals surface area contributed by atoms with E-state index in [0.717, 1.165) is 29.7 Å². The van der Waals surface area contributed by atoms with Gasteiger partial charge in [0, 0.05) is 11.1 Å². The number of aryl methyl sites for hydroxylation is 1. The number of hydrogen-bond donors (Lipinski definition) is 2. The third kappa shape index (κ3) is 3.24. The standard InChI is InChI=1S/C21H20F3N5O3/c1-30-15-4-2-3-11-5-6-13(16(11)15)21(26)27-14-7-8-19(25,9-12(14)10-31-21)17-28-29-18(32-17)20(22,23)24/h2-4,7-9,13H,5-6,10,25-26H2,1H3. The van der Waals surface area contributed by atoms with Crippen LogP contribution in [0.4, 0.5) is 13.2 Å². The summed E-state index contributed by atoms with van der Waals surface area (Å²) in [6.45, 7) is 0.0693. The Balaban J connectivity index is 1.47. The Morgan fingerprint density at radius 2 is 2.03 bits per heavy atom. The Bertz CT molecular complexity index is 1170. The summed E-state index contributed by atoms with van der Waals surface area (Å²) in [4.78, 5) is 4.66. The van der Waals surface area contributed by atoms with Crippen molar-refractivity contribution in [2.24, 2.45) is 16.5 Å². The molecule has 5 rings (SSSR count). The molecule has 2 aliphatic carbocycles. The number of rotatable bonds is 3. The number of allylic oxidation sites excluding steroid dienone is 1. The van der Waals surface area contributed by atoms with Crippen molar-refractivity contribution in [3.8, 4) is 5.75 Å². The molecule has 8 nitrogen and oxygen atoms in total. The van der Waals surface area contributed by atoms with Gasteiger partial charge in [-0.3, -0.25) is 5.73 Å². The van der Waals surface area contributed by atoms with Gasteiger partial charge in [-0.05, 0) is 42.7 Å². The molecule has 2 aromatic rings. The van der Waals surface area contributed by atoms with E-state index in [4.69, 9.17) is 25.4 Å². The van der Waals surface area contributed by atoms with Gasteiger partial charge in [0.15, 0.2) is 0 Å². The normalized spacial score (nSPS) is 29.2. The van der Waals surface area contributed by atoms with Crippen LogP contribution < -0.4 is 16.2 Å². The highest BCUT2D eigenvalue weighted by Gasteiger charge is 2.46. The summed E-state index contributed by atoms with van der Waals surface area (Å²) in [5.74, 6) is -2.65. The van der Waals surface area contributed by atoms with E-state index >= 15 is 0 Å². The number of hydrogen-bond acceptors (Lipinski definition) is 8. The van der Waals surface area contributed by atoms with Crippen LogP contribution in [0.1, 0.15) is 35.2 Å². The second-order valence-corrected chi connectivity index (χ2v) is 8.01. The van der Waals surface area contributed by atoms with Crippen molar-refractivity contribution >= 4 is 5.71 Å². The van der Waals surface area contributed by atoms with E-state index in [1.165, 1.54) is 12.2 Å². The minimum Gasteiger partial charge on any atom is -0.496 e. The van der Waals surface area contributed by atoms with E-state index in [1.807, 2.05) is 18.2 Å². The Morgan fingerprint density at radius 1 is 1.22 bits per heavy atom. The van der Waals surface area contributed by atoms with Gasteiger partial charge in [-0.2, -0.15) is 13.2 Å². The quantitative estimate of drug-likeness (QED) is 0.742. The summed E-state index contributed by atoms with van der Waals surface area (Å²) in [5, 5.41) is 6.52. The van der Waals surface area contributed by atoms with Crippen molar-refractivity contribution in [2.75, 3.05) is 13.7 Å². The van der Waals surface area contributed by atoms with E-state index in [-0.39, 0.29) is 18.4 Å². The second-order valence-electron chi connectivity index (χ2n) is 8.01. The molecule has 2 heterocycles. The number of methoxy groups -OCH3 is 1. The van der Waals surface area contributed by atoms with Crippen LogP contribution in [0.15, 0.2) is 51.4 Å². The van der Waals surface area contributed by atoms with Gasteiger partial charge < -0.3 is 19.6 Å². The third-order valence-electron chi connectivity index (χ3n) is 5.98. The smallest absolute Gasteiger partial charge is 0.470 e. The maximum Gasteiger partial charge on any atom is 0.470 e. The monoisotopic (exact) mass is 447 g/mol. The number of fused-ring (bicyclic) bond motifs is 2. The molecule has 11 heteroatoms. The van der Waals surface area contributed by atoms with Crippen molar-refractivity contribution < 1.29 is 27.1 Å². The fourth-order valence-corrected chi connectivity index (χ4v) is 4.44. The van der Waals surface area contributed by atoms with Gasteiger partial charge in [0.2, 0.25) is 11.7 Å². The fraction of sp³-hybridized carbons (Fsp3) is 0.381. The number of halogens is 3. The molecule has 0 radical (unpaired) electrons. The van der Waals surface area contributed by atoms with Gasteiger partial charge in [0.25, 0.3) is 0 Å². The average Bonchev–Trinajstić information content (AvgIpc) is 3.42. The number of aromatic nitrogens is 2. The Morgan fingerprint density at radius 3 is 2.75 bits per heavy atom. The van der Waals surface area contributed by atoms with E-state index in [1.54, 1.807) is 13.2 Å². The molecule has 0 fully saturated rings. The topological polar surface area (TPSA) is 122 Å². The van der Waals surface area contributed by atoms with Gasteiger partial charge in [-0.25, -0.2) is 4.99 Å². The lowest BCUT2D eigenvalue weighted by molar-refractivity contribution is -0.157. The Kier molecular flexibility index (Phi) is 4.56. The molecule has 0 spiro atoms. The Hall–Kier alpha value is -3.02. The van der Waals surface area contributed by atoms with Crippen molar-refractivity contribution in [3.05, 3.63) is 64.9 Å². The predicted molar refractivity (Wildman–Crippen MR) is 107 cm³/mol. The molecule has 3 atom stereocenters. The highest BCUT2D eigenvalue weighted by Crippen LogP contribution is 2.47. The van der Waals surface area contributed by atoms with Crippen LogP contribution in [0.5, 0.6) is 5.75 Å². The van der Waals surface area contributed by atoms with E-state index in [9.17, 15) is 13.2 Å². The summed E-state index contributed by atoms with van der Waals surface area (Å²) < 4.78 is 54.8. The zero-order valence-electron chi connectivity index (χ0n) is 17.0. The minimum atomic E-state index is -4.76. The van der Waals surface area contributed by atoms with E-state index < -0.39 is 23.5 Å². The zero-order valence-corrected chi connectivity index (χ0v) is 17.0. The lowest BCUT2D eigenvalue weighted by Crippen LogP contribution is -2.51. The number of nitrogens with zero attached hydrogens (tertiary/aromatic N) is 3. The molecule has 3 unspecified atom stereocenters. The van der Waals surface area contributed by atoms with Gasteiger partial charge >= 0.3 is 12.1 Å². The summed E-state index contributed by atoms with van der Waals surface area (Å²) >= 11 is 0. The molecule has 1 aliphatic heterocycles. The van der Waals surface area contributed by atoms with Gasteiger partial charge in [0.1, 0.15) is 11.3 Å². The summed E-state index contributed by atoms with van der Waals surface area (Å²) in [7, 11) is 1.61. The third-order valence-corrected chi connectivity index (χ3v) is 5.98. The molecule has 32 heavy (non-hydrogen) atoms. The molecule has 1 aromatic heterocycles. The van der Waals surface area contributed by atoms with Crippen LogP contribution in [0.2, 0.25) is 0 Å². The highest BCUT2D eigenvalue weighted by molar-refractivity contribution is 6.10. The first-order valence-electron chi connectivity index (χ1n) is 9.93. The zero-order chi connectivity index (χ0) is 22.7. The first kappa shape index (κ1) is 20.9. The molecule has 4 N–H and O–H groups in total.